The number of fused-ring (bicyclic) bond motifs is 1. The van der Waals surface area contributed by atoms with Gasteiger partial charge in [0.2, 0.25) is 0 Å². The van der Waals surface area contributed by atoms with Crippen LogP contribution in [0, 0.1) is 0 Å². The number of hydrogen-bond acceptors (Lipinski definition) is 1. The van der Waals surface area contributed by atoms with Gasteiger partial charge in [-0.1, -0.05) is 0 Å². The van der Waals surface area contributed by atoms with Crippen molar-refractivity contribution < 1.29 is 4.57 Å². The third-order valence-electron chi connectivity index (χ3n) is 3.53. The first-order valence-corrected chi connectivity index (χ1v) is 6.34. The normalized spacial score (nSPS) is 16.9. The number of aromatic nitrogens is 1. The molecule has 0 saturated carbocycles. The maximum Gasteiger partial charge on any atom is 0.172 e. The minimum atomic E-state index is 0.563. The molecule has 0 radical (unpaired) electrons. The van der Waals surface area contributed by atoms with Crippen LogP contribution in [0.3, 0.4) is 0 Å². The molecular formula is C14H23N2+. The Morgan fingerprint density at radius 2 is 1.94 bits per heavy atom. The lowest BCUT2D eigenvalue weighted by Crippen LogP contribution is -2.40. The Balaban J connectivity index is 2.22. The molecule has 0 aliphatic carbocycles. The second kappa shape index (κ2) is 4.54. The number of nitrogens with zero attached hydrogens (tertiary/aromatic N) is 2. The molecule has 1 aliphatic rings. The Labute approximate surface area is 98.9 Å². The summed E-state index contributed by atoms with van der Waals surface area (Å²) in [6.45, 7) is 11.3. The van der Waals surface area contributed by atoms with E-state index in [-0.39, 0.29) is 0 Å². The Hall–Kier alpha value is -0.890. The van der Waals surface area contributed by atoms with Crippen LogP contribution in [0.2, 0.25) is 0 Å². The van der Waals surface area contributed by atoms with E-state index in [0.29, 0.717) is 12.1 Å². The van der Waals surface area contributed by atoms with Crippen LogP contribution in [0.25, 0.3) is 0 Å². The zero-order valence-electron chi connectivity index (χ0n) is 10.9. The maximum atomic E-state index is 2.54. The van der Waals surface area contributed by atoms with Crippen molar-refractivity contribution in [1.82, 2.24) is 4.90 Å². The molecule has 16 heavy (non-hydrogen) atoms. The summed E-state index contributed by atoms with van der Waals surface area (Å²) in [6.07, 6.45) is 5.74. The van der Waals surface area contributed by atoms with Crippen molar-refractivity contribution in [2.45, 2.75) is 52.7 Å². The van der Waals surface area contributed by atoms with Crippen molar-refractivity contribution in [3.05, 3.63) is 29.6 Å². The first-order valence-electron chi connectivity index (χ1n) is 6.34. The molecule has 0 N–H and O–H groups in total. The minimum Gasteiger partial charge on any atom is -0.296 e. The summed E-state index contributed by atoms with van der Waals surface area (Å²) in [4.78, 5) is 2.54. The van der Waals surface area contributed by atoms with Crippen molar-refractivity contribution in [3.63, 3.8) is 0 Å². The Morgan fingerprint density at radius 3 is 2.56 bits per heavy atom. The summed E-state index contributed by atoms with van der Waals surface area (Å²) in [5, 5.41) is 0. The van der Waals surface area contributed by atoms with E-state index in [1.165, 1.54) is 24.1 Å². The van der Waals surface area contributed by atoms with E-state index in [9.17, 15) is 0 Å². The van der Waals surface area contributed by atoms with Gasteiger partial charge in [0.15, 0.2) is 18.4 Å². The molecule has 88 valence electrons. The zero-order valence-corrected chi connectivity index (χ0v) is 10.9. The van der Waals surface area contributed by atoms with E-state index >= 15 is 0 Å². The molecule has 0 fully saturated rings. The van der Waals surface area contributed by atoms with Gasteiger partial charge in [-0.25, -0.2) is 4.57 Å². The number of pyridine rings is 1. The van der Waals surface area contributed by atoms with Gasteiger partial charge in [-0.05, 0) is 39.7 Å². The van der Waals surface area contributed by atoms with Crippen LogP contribution in [0.5, 0.6) is 0 Å². The summed E-state index contributed by atoms with van der Waals surface area (Å²) in [5.41, 5.74) is 3.05. The first-order chi connectivity index (χ1) is 7.58. The summed E-state index contributed by atoms with van der Waals surface area (Å²) >= 11 is 0. The smallest absolute Gasteiger partial charge is 0.172 e. The van der Waals surface area contributed by atoms with Crippen molar-refractivity contribution in [1.29, 1.82) is 0 Å². The third kappa shape index (κ3) is 2.27. The molecule has 2 rings (SSSR count). The molecule has 2 heteroatoms. The molecule has 1 aliphatic heterocycles. The predicted octanol–water partition coefficient (Wildman–Crippen LogP) is 2.32. The summed E-state index contributed by atoms with van der Waals surface area (Å²) in [6, 6.07) is 3.52. The van der Waals surface area contributed by atoms with Gasteiger partial charge in [-0.3, -0.25) is 4.90 Å². The van der Waals surface area contributed by atoms with Crippen LogP contribution >= 0.6 is 0 Å². The molecule has 1 aromatic rings. The van der Waals surface area contributed by atoms with Crippen LogP contribution in [0.1, 0.15) is 44.9 Å². The van der Waals surface area contributed by atoms with Crippen molar-refractivity contribution in [2.24, 2.45) is 0 Å². The fraction of sp³-hybridized carbons (Fsp3) is 0.643. The van der Waals surface area contributed by atoms with Crippen LogP contribution in [0.15, 0.2) is 18.5 Å². The summed E-state index contributed by atoms with van der Waals surface area (Å²) in [7, 11) is 0. The average molecular weight is 219 g/mol. The molecule has 2 heterocycles. The number of rotatable bonds is 2. The summed E-state index contributed by atoms with van der Waals surface area (Å²) in [5.74, 6) is 0. The highest BCUT2D eigenvalue weighted by atomic mass is 15.1. The highest BCUT2D eigenvalue weighted by molar-refractivity contribution is 5.23. The first kappa shape index (κ1) is 11.6. The summed E-state index contributed by atoms with van der Waals surface area (Å²) < 4.78 is 2.31. The molecule has 0 amide bonds. The quantitative estimate of drug-likeness (QED) is 0.692. The molecule has 2 nitrogen and oxygen atoms in total. The van der Waals surface area contributed by atoms with E-state index in [1.807, 2.05) is 0 Å². The fourth-order valence-electron chi connectivity index (χ4n) is 2.29. The zero-order chi connectivity index (χ0) is 11.7. The Bertz CT molecular complexity index is 369. The lowest BCUT2D eigenvalue weighted by atomic mass is 10.0. The fourth-order valence-corrected chi connectivity index (χ4v) is 2.29. The van der Waals surface area contributed by atoms with Gasteiger partial charge in [0.1, 0.15) is 0 Å². The number of hydrogen-bond donors (Lipinski definition) is 0. The van der Waals surface area contributed by atoms with Crippen LogP contribution in [0.4, 0.5) is 0 Å². The topological polar surface area (TPSA) is 7.12 Å². The van der Waals surface area contributed by atoms with Gasteiger partial charge in [-0.2, -0.15) is 0 Å². The van der Waals surface area contributed by atoms with Gasteiger partial charge >= 0.3 is 0 Å². The van der Waals surface area contributed by atoms with Crippen molar-refractivity contribution >= 4 is 0 Å². The van der Waals surface area contributed by atoms with E-state index in [2.05, 4.69) is 55.6 Å². The van der Waals surface area contributed by atoms with E-state index < -0.39 is 0 Å². The standard InChI is InChI=1S/C14H23N2/c1-11(2)15-7-5-14-10-16(12(3)4)8-6-13(14)9-15/h5,7,9,11-12H,6,8,10H2,1-4H3/q+1. The van der Waals surface area contributed by atoms with Gasteiger partial charge < -0.3 is 0 Å². The highest BCUT2D eigenvalue weighted by Gasteiger charge is 2.21. The lowest BCUT2D eigenvalue weighted by molar-refractivity contribution is -0.716. The molecule has 0 bridgehead atoms. The minimum absolute atomic E-state index is 0.563. The second-order valence-electron chi connectivity index (χ2n) is 5.35. The van der Waals surface area contributed by atoms with E-state index in [4.69, 9.17) is 0 Å². The lowest BCUT2D eigenvalue weighted by Gasteiger charge is -2.31. The largest absolute Gasteiger partial charge is 0.296 e. The van der Waals surface area contributed by atoms with Crippen molar-refractivity contribution in [3.8, 4) is 0 Å². The van der Waals surface area contributed by atoms with Gasteiger partial charge in [0, 0.05) is 30.8 Å². The molecule has 1 aromatic heterocycles. The monoisotopic (exact) mass is 219 g/mol. The van der Waals surface area contributed by atoms with Crippen LogP contribution in [-0.4, -0.2) is 17.5 Å². The van der Waals surface area contributed by atoms with Gasteiger partial charge in [0.05, 0.1) is 0 Å². The van der Waals surface area contributed by atoms with Crippen LogP contribution in [-0.2, 0) is 13.0 Å². The highest BCUT2D eigenvalue weighted by Crippen LogP contribution is 2.19. The maximum absolute atomic E-state index is 2.54. The Morgan fingerprint density at radius 1 is 1.19 bits per heavy atom. The van der Waals surface area contributed by atoms with Gasteiger partial charge in [0.25, 0.3) is 0 Å². The molecule has 0 aromatic carbocycles. The van der Waals surface area contributed by atoms with Crippen LogP contribution < -0.4 is 4.57 Å². The van der Waals surface area contributed by atoms with Gasteiger partial charge in [-0.15, -0.1) is 0 Å². The molecule has 0 atom stereocenters. The van der Waals surface area contributed by atoms with E-state index in [0.717, 1.165) is 6.54 Å². The third-order valence-corrected chi connectivity index (χ3v) is 3.53. The SMILES string of the molecule is CC(C)N1CCc2c[n+](C(C)C)ccc2C1. The Kier molecular flexibility index (Phi) is 3.29. The van der Waals surface area contributed by atoms with Crippen molar-refractivity contribution in [2.75, 3.05) is 6.54 Å². The molecule has 0 spiro atoms. The predicted molar refractivity (Wildman–Crippen MR) is 66.3 cm³/mol. The average Bonchev–Trinajstić information content (AvgIpc) is 2.27. The molecular weight excluding hydrogens is 196 g/mol. The van der Waals surface area contributed by atoms with E-state index in [1.54, 1.807) is 0 Å². The second-order valence-corrected chi connectivity index (χ2v) is 5.35. The molecule has 0 unspecified atom stereocenters. The molecule has 0 saturated heterocycles.